The molecule has 12 heteroatoms. The summed E-state index contributed by atoms with van der Waals surface area (Å²) >= 11 is 0. The number of aliphatic hydroxyl groups is 4. The van der Waals surface area contributed by atoms with Gasteiger partial charge < -0.3 is 39.4 Å². The molecule has 0 aromatic rings. The van der Waals surface area contributed by atoms with Crippen molar-refractivity contribution in [2.45, 2.75) is 52.1 Å². The van der Waals surface area contributed by atoms with Gasteiger partial charge in [-0.15, -0.1) is 0 Å². The molecule has 12 nitrogen and oxygen atoms in total. The third kappa shape index (κ3) is 13.9. The molecule has 1 aliphatic rings. The average Bonchev–Trinajstić information content (AvgIpc) is 2.63. The Labute approximate surface area is 161 Å². The van der Waals surface area contributed by atoms with Crippen molar-refractivity contribution < 1.29 is 58.6 Å². The zero-order valence-corrected chi connectivity index (χ0v) is 16.2. The van der Waals surface area contributed by atoms with Crippen LogP contribution in [0.15, 0.2) is 0 Å². The number of cyclic esters (lactones) is 2. The predicted molar refractivity (Wildman–Crippen MR) is 90.6 cm³/mol. The van der Waals surface area contributed by atoms with Crippen LogP contribution in [0, 0.1) is 0 Å². The molecule has 164 valence electrons. The highest BCUT2D eigenvalue weighted by Crippen LogP contribution is 2.08. The Kier molecular flexibility index (Phi) is 15.7. The van der Waals surface area contributed by atoms with Gasteiger partial charge in [0.05, 0.1) is 13.2 Å². The summed E-state index contributed by atoms with van der Waals surface area (Å²) in [6, 6.07) is 0. The molecule has 0 radical (unpaired) electrons. The van der Waals surface area contributed by atoms with Crippen molar-refractivity contribution in [2.24, 2.45) is 0 Å². The molecule has 4 atom stereocenters. The Morgan fingerprint density at radius 3 is 1.36 bits per heavy atom. The highest BCUT2D eigenvalue weighted by Gasteiger charge is 2.32. The topological polar surface area (TPSA) is 186 Å². The summed E-state index contributed by atoms with van der Waals surface area (Å²) < 4.78 is 18.2. The van der Waals surface area contributed by atoms with Crippen LogP contribution >= 0.6 is 0 Å². The lowest BCUT2D eigenvalue weighted by molar-refractivity contribution is -0.191. The van der Waals surface area contributed by atoms with Crippen molar-refractivity contribution in [2.75, 3.05) is 26.4 Å². The maximum absolute atomic E-state index is 10.7. The number of esters is 4. The van der Waals surface area contributed by atoms with Gasteiger partial charge in [-0.3, -0.25) is 0 Å². The van der Waals surface area contributed by atoms with Crippen LogP contribution in [0.2, 0.25) is 0 Å². The Bertz CT molecular complexity index is 444. The summed E-state index contributed by atoms with van der Waals surface area (Å²) in [5.74, 6) is -2.52. The zero-order chi connectivity index (χ0) is 22.3. The second-order valence-electron chi connectivity index (χ2n) is 5.29. The van der Waals surface area contributed by atoms with Gasteiger partial charge in [0.15, 0.2) is 12.2 Å². The summed E-state index contributed by atoms with van der Waals surface area (Å²) in [5.41, 5.74) is 0. The van der Waals surface area contributed by atoms with Crippen LogP contribution in [0.5, 0.6) is 0 Å². The van der Waals surface area contributed by atoms with Crippen molar-refractivity contribution >= 4 is 23.9 Å². The predicted octanol–water partition coefficient (Wildman–Crippen LogP) is -2.33. The number of carbonyl (C=O) groups excluding carboxylic acids is 4. The van der Waals surface area contributed by atoms with Gasteiger partial charge in [-0.25, -0.2) is 19.2 Å². The van der Waals surface area contributed by atoms with Gasteiger partial charge in [0.2, 0.25) is 0 Å². The highest BCUT2D eigenvalue weighted by molar-refractivity contribution is 5.86. The SMILES string of the molecule is C[C@@H]1OC(=O)[C@H](C)OC1=O.C[C@H](O)C(=O)OCCOC(=O)[C@H](C)O.OCCO. The molecule has 1 heterocycles. The summed E-state index contributed by atoms with van der Waals surface area (Å²) in [7, 11) is 0. The molecule has 28 heavy (non-hydrogen) atoms. The van der Waals surface area contributed by atoms with E-state index < -0.39 is 48.3 Å². The van der Waals surface area contributed by atoms with Crippen LogP contribution in [0.25, 0.3) is 0 Å². The second kappa shape index (κ2) is 15.7. The fraction of sp³-hybridized carbons (Fsp3) is 0.750. The molecule has 0 amide bonds. The van der Waals surface area contributed by atoms with Crippen molar-refractivity contribution in [3.05, 3.63) is 0 Å². The standard InChI is InChI=1S/C8H14O6.C6H8O4.C2H6O2/c1-5(9)7(11)13-3-4-14-8(12)6(2)10;1-3-5(7)10-4(2)6(8)9-3;3-1-2-4/h5-6,9-10H,3-4H2,1-2H3;3-4H,1-2H3;3-4H,1-2H2/t5-,6-;3-,4-;/m00./s1. The Hall–Kier alpha value is -2.28. The van der Waals surface area contributed by atoms with Crippen LogP contribution in [-0.4, -0.2) is 95.1 Å². The third-order valence-corrected chi connectivity index (χ3v) is 2.60. The second-order valence-corrected chi connectivity index (χ2v) is 5.29. The number of hydrogen-bond donors (Lipinski definition) is 4. The van der Waals surface area contributed by atoms with Gasteiger partial charge in [-0.05, 0) is 27.7 Å². The highest BCUT2D eigenvalue weighted by atomic mass is 16.6. The van der Waals surface area contributed by atoms with E-state index in [1.165, 1.54) is 27.7 Å². The van der Waals surface area contributed by atoms with E-state index in [2.05, 4.69) is 18.9 Å². The summed E-state index contributed by atoms with van der Waals surface area (Å²) in [5, 5.41) is 32.6. The van der Waals surface area contributed by atoms with E-state index in [9.17, 15) is 19.2 Å². The third-order valence-electron chi connectivity index (χ3n) is 2.60. The zero-order valence-electron chi connectivity index (χ0n) is 16.2. The first-order valence-electron chi connectivity index (χ1n) is 8.29. The normalized spacial score (nSPS) is 20.0. The van der Waals surface area contributed by atoms with Gasteiger partial charge in [-0.2, -0.15) is 0 Å². The number of hydrogen-bond acceptors (Lipinski definition) is 12. The fourth-order valence-electron chi connectivity index (χ4n) is 1.16. The van der Waals surface area contributed by atoms with Crippen molar-refractivity contribution in [1.29, 1.82) is 0 Å². The van der Waals surface area contributed by atoms with E-state index in [1.54, 1.807) is 0 Å². The first kappa shape index (κ1) is 27.9. The molecule has 4 N–H and O–H groups in total. The molecule has 1 rings (SSSR count). The van der Waals surface area contributed by atoms with E-state index >= 15 is 0 Å². The van der Waals surface area contributed by atoms with Crippen LogP contribution < -0.4 is 0 Å². The summed E-state index contributed by atoms with van der Waals surface area (Å²) in [6.07, 6.45) is -3.88. The Morgan fingerprint density at radius 2 is 1.14 bits per heavy atom. The van der Waals surface area contributed by atoms with Gasteiger partial charge >= 0.3 is 23.9 Å². The molecular weight excluding hydrogens is 384 g/mol. The lowest BCUT2D eigenvalue weighted by atomic mass is 10.3. The molecule has 0 aromatic heterocycles. The largest absolute Gasteiger partial charge is 0.460 e. The maximum atomic E-state index is 10.7. The minimum absolute atomic E-state index is 0.125. The smallest absolute Gasteiger partial charge is 0.347 e. The monoisotopic (exact) mass is 412 g/mol. The van der Waals surface area contributed by atoms with Crippen molar-refractivity contribution in [3.63, 3.8) is 0 Å². The van der Waals surface area contributed by atoms with E-state index in [4.69, 9.17) is 20.4 Å². The van der Waals surface area contributed by atoms with E-state index in [0.717, 1.165) is 0 Å². The van der Waals surface area contributed by atoms with Gasteiger partial charge in [0.25, 0.3) is 0 Å². The number of aliphatic hydroxyl groups excluding tert-OH is 4. The fourth-order valence-corrected chi connectivity index (χ4v) is 1.16. The van der Waals surface area contributed by atoms with Gasteiger partial charge in [-0.1, -0.05) is 0 Å². The summed E-state index contributed by atoms with van der Waals surface area (Å²) in [4.78, 5) is 42.6. The molecule has 0 saturated carbocycles. The molecular formula is C16H28O12. The number of carbonyl (C=O) groups is 4. The Balaban J connectivity index is 0. The molecule has 0 spiro atoms. The molecule has 0 bridgehead atoms. The van der Waals surface area contributed by atoms with E-state index in [1.807, 2.05) is 0 Å². The quantitative estimate of drug-likeness (QED) is 0.207. The van der Waals surface area contributed by atoms with Crippen molar-refractivity contribution in [1.82, 2.24) is 0 Å². The Morgan fingerprint density at radius 1 is 0.857 bits per heavy atom. The molecule has 1 aliphatic heterocycles. The molecule has 0 aliphatic carbocycles. The first-order valence-corrected chi connectivity index (χ1v) is 8.29. The maximum Gasteiger partial charge on any atom is 0.347 e. The van der Waals surface area contributed by atoms with Crippen molar-refractivity contribution in [3.8, 4) is 0 Å². The number of rotatable bonds is 6. The van der Waals surface area contributed by atoms with E-state index in [-0.39, 0.29) is 26.4 Å². The van der Waals surface area contributed by atoms with Crippen LogP contribution in [0.1, 0.15) is 27.7 Å². The summed E-state index contributed by atoms with van der Waals surface area (Å²) in [6.45, 7) is 4.97. The minimum Gasteiger partial charge on any atom is -0.460 e. The molecule has 0 aromatic carbocycles. The molecule has 1 saturated heterocycles. The minimum atomic E-state index is -1.19. The first-order chi connectivity index (χ1) is 13.0. The van der Waals surface area contributed by atoms with Gasteiger partial charge in [0, 0.05) is 0 Å². The average molecular weight is 412 g/mol. The number of ether oxygens (including phenoxy) is 4. The van der Waals surface area contributed by atoms with E-state index in [0.29, 0.717) is 0 Å². The van der Waals surface area contributed by atoms with Crippen LogP contribution in [0.4, 0.5) is 0 Å². The lowest BCUT2D eigenvalue weighted by Gasteiger charge is -2.22. The van der Waals surface area contributed by atoms with Crippen LogP contribution in [-0.2, 0) is 38.1 Å². The molecule has 0 unspecified atom stereocenters. The van der Waals surface area contributed by atoms with Crippen LogP contribution in [0.3, 0.4) is 0 Å². The molecule has 1 fully saturated rings. The van der Waals surface area contributed by atoms with Gasteiger partial charge in [0.1, 0.15) is 25.4 Å². The lowest BCUT2D eigenvalue weighted by Crippen LogP contribution is -2.40.